The number of hydrogen-bond donors (Lipinski definition) is 1. The molecule has 1 saturated carbocycles. The fraction of sp³-hybridized carbons (Fsp3) is 0.600. The molecule has 0 spiro atoms. The average Bonchev–Trinajstić information content (AvgIpc) is 2.58. The molecule has 1 aromatic rings. The van der Waals surface area contributed by atoms with Crippen molar-refractivity contribution in [1.82, 2.24) is 5.32 Å². The number of aryl methyl sites for hydroxylation is 2. The molecule has 5 heteroatoms. The number of benzene rings is 1. The van der Waals surface area contributed by atoms with Gasteiger partial charge < -0.3 is 14.8 Å². The van der Waals surface area contributed by atoms with Gasteiger partial charge in [0, 0.05) is 5.56 Å². The number of nitrogens with one attached hydrogen (secondary N) is 1. The molecule has 1 amide bonds. The van der Waals surface area contributed by atoms with Crippen molar-refractivity contribution in [2.24, 2.45) is 5.92 Å². The quantitative estimate of drug-likeness (QED) is 0.831. The molecule has 1 aromatic carbocycles. The van der Waals surface area contributed by atoms with E-state index in [9.17, 15) is 9.59 Å². The van der Waals surface area contributed by atoms with Crippen molar-refractivity contribution >= 4 is 11.9 Å². The highest BCUT2D eigenvalue weighted by atomic mass is 16.5. The van der Waals surface area contributed by atoms with Crippen molar-refractivity contribution in [1.29, 1.82) is 0 Å². The summed E-state index contributed by atoms with van der Waals surface area (Å²) in [6.07, 6.45) is 3.24. The van der Waals surface area contributed by atoms with Gasteiger partial charge in [-0.15, -0.1) is 0 Å². The van der Waals surface area contributed by atoms with E-state index in [1.165, 1.54) is 7.11 Å². The van der Waals surface area contributed by atoms with Gasteiger partial charge in [-0.05, 0) is 62.6 Å². The van der Waals surface area contributed by atoms with Gasteiger partial charge >= 0.3 is 5.97 Å². The maximum atomic E-state index is 12.7. The lowest BCUT2D eigenvalue weighted by Crippen LogP contribution is -2.57. The second-order valence-electron chi connectivity index (χ2n) is 7.24. The van der Waals surface area contributed by atoms with Gasteiger partial charge in [0.15, 0.2) is 0 Å². The highest BCUT2D eigenvalue weighted by Gasteiger charge is 2.43. The Hall–Kier alpha value is -2.04. The Morgan fingerprint density at radius 2 is 1.84 bits per heavy atom. The molecular weight excluding hydrogens is 318 g/mol. The molecule has 2 rings (SSSR count). The van der Waals surface area contributed by atoms with E-state index in [1.54, 1.807) is 7.11 Å². The number of hydrogen-bond acceptors (Lipinski definition) is 4. The largest absolute Gasteiger partial charge is 0.496 e. The minimum Gasteiger partial charge on any atom is -0.496 e. The lowest BCUT2D eigenvalue weighted by Gasteiger charge is -2.37. The Balaban J connectivity index is 2.19. The third kappa shape index (κ3) is 4.33. The van der Waals surface area contributed by atoms with Crippen molar-refractivity contribution < 1.29 is 19.1 Å². The molecule has 0 saturated heterocycles. The zero-order valence-corrected chi connectivity index (χ0v) is 15.9. The maximum absolute atomic E-state index is 12.7. The van der Waals surface area contributed by atoms with Crippen LogP contribution in [0.15, 0.2) is 12.1 Å². The maximum Gasteiger partial charge on any atom is 0.331 e. The zero-order valence-electron chi connectivity index (χ0n) is 15.9. The summed E-state index contributed by atoms with van der Waals surface area (Å²) in [5.74, 6) is 0.747. The molecule has 5 nitrogen and oxygen atoms in total. The van der Waals surface area contributed by atoms with E-state index >= 15 is 0 Å². The first kappa shape index (κ1) is 19.3. The Labute approximate surface area is 150 Å². The van der Waals surface area contributed by atoms with E-state index in [2.05, 4.69) is 12.2 Å². The minimum absolute atomic E-state index is 0.176. The number of carbonyl (C=O) groups is 2. The third-order valence-electron chi connectivity index (χ3n) is 5.22. The topological polar surface area (TPSA) is 64.6 Å². The fourth-order valence-corrected chi connectivity index (χ4v) is 3.67. The van der Waals surface area contributed by atoms with Gasteiger partial charge in [-0.3, -0.25) is 4.79 Å². The molecule has 1 aliphatic carbocycles. The number of rotatable bonds is 5. The number of esters is 1. The Bertz CT molecular complexity index is 645. The van der Waals surface area contributed by atoms with Gasteiger partial charge in [-0.25, -0.2) is 4.79 Å². The summed E-state index contributed by atoms with van der Waals surface area (Å²) in [5.41, 5.74) is 2.06. The van der Waals surface area contributed by atoms with Gasteiger partial charge in [0.05, 0.1) is 20.6 Å². The predicted molar refractivity (Wildman–Crippen MR) is 96.7 cm³/mol. The van der Waals surface area contributed by atoms with Crippen molar-refractivity contribution in [3.05, 3.63) is 28.8 Å². The summed E-state index contributed by atoms with van der Waals surface area (Å²) < 4.78 is 10.4. The van der Waals surface area contributed by atoms with Crippen LogP contribution in [0.5, 0.6) is 5.75 Å². The van der Waals surface area contributed by atoms with E-state index in [0.717, 1.165) is 29.5 Å². The summed E-state index contributed by atoms with van der Waals surface area (Å²) in [5, 5.41) is 2.98. The summed E-state index contributed by atoms with van der Waals surface area (Å²) >= 11 is 0. The summed E-state index contributed by atoms with van der Waals surface area (Å²) in [7, 11) is 2.98. The molecule has 1 N–H and O–H groups in total. The van der Waals surface area contributed by atoms with Crippen LogP contribution in [0.25, 0.3) is 0 Å². The molecule has 0 unspecified atom stereocenters. The van der Waals surface area contributed by atoms with Crippen molar-refractivity contribution in [2.75, 3.05) is 14.2 Å². The second kappa shape index (κ2) is 7.89. The van der Waals surface area contributed by atoms with E-state index < -0.39 is 5.54 Å². The monoisotopic (exact) mass is 347 g/mol. The van der Waals surface area contributed by atoms with Gasteiger partial charge in [-0.1, -0.05) is 13.0 Å². The van der Waals surface area contributed by atoms with Crippen LogP contribution < -0.4 is 10.1 Å². The fourth-order valence-electron chi connectivity index (χ4n) is 3.67. The van der Waals surface area contributed by atoms with Crippen LogP contribution in [0, 0.1) is 19.8 Å². The highest BCUT2D eigenvalue weighted by molar-refractivity contribution is 5.89. The SMILES string of the molecule is COC(=O)C1(NC(=O)Cc2c(C)cc(C)cc2OC)CCC(C)CC1. The van der Waals surface area contributed by atoms with Crippen LogP contribution in [0.2, 0.25) is 0 Å². The number of methoxy groups -OCH3 is 2. The average molecular weight is 347 g/mol. The Morgan fingerprint density at radius 3 is 2.40 bits per heavy atom. The predicted octanol–water partition coefficient (Wildman–Crippen LogP) is 3.09. The van der Waals surface area contributed by atoms with Crippen molar-refractivity contribution in [2.45, 2.75) is 58.4 Å². The van der Waals surface area contributed by atoms with Crippen molar-refractivity contribution in [3.63, 3.8) is 0 Å². The van der Waals surface area contributed by atoms with Crippen LogP contribution in [0.3, 0.4) is 0 Å². The molecule has 25 heavy (non-hydrogen) atoms. The van der Waals surface area contributed by atoms with Gasteiger partial charge in [0.2, 0.25) is 5.91 Å². The van der Waals surface area contributed by atoms with Crippen LogP contribution in [0.1, 0.15) is 49.3 Å². The molecule has 0 aliphatic heterocycles. The van der Waals surface area contributed by atoms with E-state index in [0.29, 0.717) is 24.5 Å². The number of ether oxygens (including phenoxy) is 2. The first-order valence-electron chi connectivity index (χ1n) is 8.85. The molecule has 0 heterocycles. The van der Waals surface area contributed by atoms with Gasteiger partial charge in [-0.2, -0.15) is 0 Å². The summed E-state index contributed by atoms with van der Waals surface area (Å²) in [6, 6.07) is 3.96. The van der Waals surface area contributed by atoms with Crippen LogP contribution in [-0.2, 0) is 20.7 Å². The lowest BCUT2D eigenvalue weighted by molar-refractivity contribution is -0.153. The first-order valence-corrected chi connectivity index (χ1v) is 8.85. The Morgan fingerprint density at radius 1 is 1.20 bits per heavy atom. The second-order valence-corrected chi connectivity index (χ2v) is 7.24. The van der Waals surface area contributed by atoms with Crippen LogP contribution in [0.4, 0.5) is 0 Å². The minimum atomic E-state index is -0.899. The molecule has 0 atom stereocenters. The molecule has 138 valence electrons. The summed E-state index contributed by atoms with van der Waals surface area (Å²) in [6.45, 7) is 6.13. The smallest absolute Gasteiger partial charge is 0.331 e. The molecule has 0 radical (unpaired) electrons. The van der Waals surface area contributed by atoms with Crippen molar-refractivity contribution in [3.8, 4) is 5.75 Å². The molecule has 1 aliphatic rings. The van der Waals surface area contributed by atoms with Gasteiger partial charge in [0.25, 0.3) is 0 Å². The Kier molecular flexibility index (Phi) is 6.09. The first-order chi connectivity index (χ1) is 11.8. The van der Waals surface area contributed by atoms with E-state index in [1.807, 2.05) is 26.0 Å². The van der Waals surface area contributed by atoms with E-state index in [4.69, 9.17) is 9.47 Å². The molecule has 0 bridgehead atoms. The lowest BCUT2D eigenvalue weighted by atomic mass is 9.77. The standard InChI is InChI=1S/C20H29NO4/c1-13-6-8-20(9-7-13,19(23)25-5)21-18(22)12-16-15(3)10-14(2)11-17(16)24-4/h10-11,13H,6-9,12H2,1-5H3,(H,21,22). The molecule has 1 fully saturated rings. The highest BCUT2D eigenvalue weighted by Crippen LogP contribution is 2.33. The zero-order chi connectivity index (χ0) is 18.6. The van der Waals surface area contributed by atoms with Gasteiger partial charge in [0.1, 0.15) is 11.3 Å². The normalized spacial score (nSPS) is 23.0. The van der Waals surface area contributed by atoms with E-state index in [-0.39, 0.29) is 18.3 Å². The third-order valence-corrected chi connectivity index (χ3v) is 5.22. The van der Waals surface area contributed by atoms with Crippen LogP contribution >= 0.6 is 0 Å². The molecule has 0 aromatic heterocycles. The number of carbonyl (C=O) groups excluding carboxylic acids is 2. The number of amides is 1. The van der Waals surface area contributed by atoms with Crippen LogP contribution in [-0.4, -0.2) is 31.6 Å². The summed E-state index contributed by atoms with van der Waals surface area (Å²) in [4.78, 5) is 25.1. The molecular formula is C20H29NO4.